The lowest BCUT2D eigenvalue weighted by Crippen LogP contribution is -2.54. The lowest BCUT2D eigenvalue weighted by molar-refractivity contribution is -0.136. The van der Waals surface area contributed by atoms with Gasteiger partial charge < -0.3 is 5.32 Å². The molecule has 3 heterocycles. The summed E-state index contributed by atoms with van der Waals surface area (Å²) in [6.45, 7) is 1.43. The Labute approximate surface area is 164 Å². The quantitative estimate of drug-likeness (QED) is 0.721. The van der Waals surface area contributed by atoms with Crippen LogP contribution in [0.4, 0.5) is 8.78 Å². The predicted octanol–water partition coefficient (Wildman–Crippen LogP) is 1.08. The summed E-state index contributed by atoms with van der Waals surface area (Å²) in [5.74, 6) is -5.39. The Hall–Kier alpha value is -2.68. The largest absolute Gasteiger partial charge is 0.316 e. The predicted molar refractivity (Wildman–Crippen MR) is 94.9 cm³/mol. The van der Waals surface area contributed by atoms with Crippen molar-refractivity contribution in [3.63, 3.8) is 0 Å². The molecule has 9 heteroatoms. The highest BCUT2D eigenvalue weighted by atomic mass is 19.2. The number of hydrogen-bond donors (Lipinski definition) is 2. The number of nitrogens with one attached hydrogen (secondary N) is 2. The van der Waals surface area contributed by atoms with E-state index in [9.17, 15) is 28.0 Å². The van der Waals surface area contributed by atoms with Crippen molar-refractivity contribution in [2.75, 3.05) is 13.1 Å². The average Bonchev–Trinajstić information content (AvgIpc) is 3.08. The number of rotatable bonds is 2. The van der Waals surface area contributed by atoms with Gasteiger partial charge in [0.15, 0.2) is 11.6 Å². The number of piperidine rings is 2. The highest BCUT2D eigenvalue weighted by Gasteiger charge is 2.50. The van der Waals surface area contributed by atoms with Crippen molar-refractivity contribution in [2.24, 2.45) is 11.8 Å². The molecule has 4 atom stereocenters. The SMILES string of the molecule is O=C1CCC(N2C(=O)c3c(C4[C@@H]5CC[C@H]4CNC5)cc(F)c(F)c3C2=O)C(=O)N1. The van der Waals surface area contributed by atoms with Gasteiger partial charge in [-0.05, 0) is 61.7 Å². The molecule has 0 radical (unpaired) electrons. The van der Waals surface area contributed by atoms with E-state index in [1.807, 2.05) is 0 Å². The lowest BCUT2D eigenvalue weighted by atomic mass is 9.78. The number of hydrogen-bond acceptors (Lipinski definition) is 5. The molecule has 1 aromatic carbocycles. The van der Waals surface area contributed by atoms with Crippen LogP contribution in [0.25, 0.3) is 0 Å². The second kappa shape index (κ2) is 6.41. The Bertz CT molecular complexity index is 963. The summed E-state index contributed by atoms with van der Waals surface area (Å²) in [5, 5.41) is 5.42. The zero-order valence-corrected chi connectivity index (χ0v) is 15.5. The second-order valence-corrected chi connectivity index (χ2v) is 8.24. The van der Waals surface area contributed by atoms with E-state index in [2.05, 4.69) is 10.6 Å². The van der Waals surface area contributed by atoms with Crippen LogP contribution in [0, 0.1) is 23.5 Å². The minimum absolute atomic E-state index is 0.0336. The molecule has 4 aliphatic rings. The van der Waals surface area contributed by atoms with E-state index in [0.717, 1.165) is 18.9 Å². The highest BCUT2D eigenvalue weighted by Crippen LogP contribution is 2.49. The van der Waals surface area contributed by atoms with Gasteiger partial charge in [0, 0.05) is 6.42 Å². The fourth-order valence-electron chi connectivity index (χ4n) is 5.48. The van der Waals surface area contributed by atoms with E-state index in [4.69, 9.17) is 0 Å². The molecular weight excluding hydrogens is 384 g/mol. The van der Waals surface area contributed by atoms with Crippen LogP contribution in [-0.4, -0.2) is 47.7 Å². The first-order valence-electron chi connectivity index (χ1n) is 9.82. The molecule has 1 saturated carbocycles. The van der Waals surface area contributed by atoms with Crippen molar-refractivity contribution in [1.82, 2.24) is 15.5 Å². The maximum absolute atomic E-state index is 14.6. The lowest BCUT2D eigenvalue weighted by Gasteiger charge is -2.32. The molecule has 5 rings (SSSR count). The van der Waals surface area contributed by atoms with Crippen LogP contribution in [0.15, 0.2) is 6.07 Å². The monoisotopic (exact) mass is 403 g/mol. The molecule has 2 saturated heterocycles. The summed E-state index contributed by atoms with van der Waals surface area (Å²) in [4.78, 5) is 50.5. The van der Waals surface area contributed by atoms with Gasteiger partial charge in [-0.2, -0.15) is 0 Å². The van der Waals surface area contributed by atoms with E-state index < -0.39 is 46.9 Å². The van der Waals surface area contributed by atoms with Crippen LogP contribution >= 0.6 is 0 Å². The number of carbonyl (C=O) groups is 4. The van der Waals surface area contributed by atoms with Crippen molar-refractivity contribution in [2.45, 2.75) is 37.6 Å². The van der Waals surface area contributed by atoms with Gasteiger partial charge >= 0.3 is 0 Å². The molecule has 4 amide bonds. The minimum Gasteiger partial charge on any atom is -0.316 e. The van der Waals surface area contributed by atoms with Crippen LogP contribution in [0.1, 0.15) is 57.9 Å². The van der Waals surface area contributed by atoms with Gasteiger partial charge in [-0.1, -0.05) is 0 Å². The summed E-state index contributed by atoms with van der Waals surface area (Å²) >= 11 is 0. The number of halogens is 2. The Balaban J connectivity index is 1.61. The molecule has 152 valence electrons. The molecule has 3 aliphatic heterocycles. The van der Waals surface area contributed by atoms with Crippen molar-refractivity contribution >= 4 is 23.6 Å². The molecule has 2 bridgehead atoms. The number of amides is 4. The van der Waals surface area contributed by atoms with E-state index in [1.54, 1.807) is 0 Å². The van der Waals surface area contributed by atoms with Gasteiger partial charge in [0.05, 0.1) is 11.1 Å². The van der Waals surface area contributed by atoms with Crippen LogP contribution in [0.3, 0.4) is 0 Å². The second-order valence-electron chi connectivity index (χ2n) is 8.24. The standard InChI is InChI=1S/C20H19F2N3O4/c21-11-5-10(14-8-1-2-9(14)7-23-6-8)15-16(17(11)22)20(29)25(19(15)28)12-3-4-13(26)24-18(12)27/h5,8-9,12,14,23H,1-4,6-7H2,(H,24,26,27)/t8-,9+,12?,14?. The molecule has 0 spiro atoms. The van der Waals surface area contributed by atoms with Crippen molar-refractivity contribution < 1.29 is 28.0 Å². The molecule has 3 fully saturated rings. The first kappa shape index (κ1) is 18.4. The number of imide groups is 2. The van der Waals surface area contributed by atoms with Gasteiger partial charge in [0.1, 0.15) is 6.04 Å². The van der Waals surface area contributed by atoms with Crippen LogP contribution < -0.4 is 10.6 Å². The van der Waals surface area contributed by atoms with Gasteiger partial charge in [0.25, 0.3) is 11.8 Å². The number of carbonyl (C=O) groups excluding carboxylic acids is 4. The third kappa shape index (κ3) is 2.56. The third-order valence-corrected chi connectivity index (χ3v) is 6.73. The average molecular weight is 403 g/mol. The van der Waals surface area contributed by atoms with Crippen LogP contribution in [0.5, 0.6) is 0 Å². The molecule has 1 aromatic rings. The van der Waals surface area contributed by atoms with Gasteiger partial charge in [-0.25, -0.2) is 8.78 Å². The van der Waals surface area contributed by atoms with E-state index >= 15 is 0 Å². The Morgan fingerprint density at radius 3 is 2.24 bits per heavy atom. The normalized spacial score (nSPS) is 31.3. The molecule has 2 N–H and O–H groups in total. The molecule has 2 unspecified atom stereocenters. The molecule has 29 heavy (non-hydrogen) atoms. The molecule has 1 aliphatic carbocycles. The number of benzene rings is 1. The van der Waals surface area contributed by atoms with Gasteiger partial charge in [-0.3, -0.25) is 29.4 Å². The maximum atomic E-state index is 14.6. The zero-order valence-electron chi connectivity index (χ0n) is 15.5. The fraction of sp³-hybridized carbons (Fsp3) is 0.500. The number of fused-ring (bicyclic) bond motifs is 3. The minimum atomic E-state index is -1.36. The first-order chi connectivity index (χ1) is 13.9. The Kier molecular flexibility index (Phi) is 4.06. The fourth-order valence-corrected chi connectivity index (χ4v) is 5.48. The zero-order chi connectivity index (χ0) is 20.4. The van der Waals surface area contributed by atoms with Gasteiger partial charge in [0.2, 0.25) is 11.8 Å². The van der Waals surface area contributed by atoms with Crippen LogP contribution in [-0.2, 0) is 9.59 Å². The van der Waals surface area contributed by atoms with E-state index in [0.29, 0.717) is 23.6 Å². The maximum Gasteiger partial charge on any atom is 0.265 e. The highest BCUT2D eigenvalue weighted by molar-refractivity contribution is 6.24. The van der Waals surface area contributed by atoms with Crippen molar-refractivity contribution in [3.8, 4) is 0 Å². The summed E-state index contributed by atoms with van der Waals surface area (Å²) < 4.78 is 29.1. The molecule has 0 aromatic heterocycles. The van der Waals surface area contributed by atoms with E-state index in [1.165, 1.54) is 0 Å². The van der Waals surface area contributed by atoms with Crippen molar-refractivity contribution in [1.29, 1.82) is 0 Å². The smallest absolute Gasteiger partial charge is 0.265 e. The third-order valence-electron chi connectivity index (χ3n) is 6.73. The van der Waals surface area contributed by atoms with E-state index in [-0.39, 0.29) is 36.2 Å². The summed E-state index contributed by atoms with van der Waals surface area (Å²) in [7, 11) is 0. The summed E-state index contributed by atoms with van der Waals surface area (Å²) in [6.07, 6.45) is 1.75. The summed E-state index contributed by atoms with van der Waals surface area (Å²) in [6, 6.07) is -0.158. The van der Waals surface area contributed by atoms with Crippen LogP contribution in [0.2, 0.25) is 0 Å². The van der Waals surface area contributed by atoms with Gasteiger partial charge in [-0.15, -0.1) is 0 Å². The molecule has 7 nitrogen and oxygen atoms in total. The number of nitrogens with zero attached hydrogens (tertiary/aromatic N) is 1. The Morgan fingerprint density at radius 1 is 0.931 bits per heavy atom. The Morgan fingerprint density at radius 2 is 1.59 bits per heavy atom. The summed E-state index contributed by atoms with van der Waals surface area (Å²) in [5.41, 5.74) is -0.351. The molecular formula is C20H19F2N3O4. The first-order valence-corrected chi connectivity index (χ1v) is 9.82. The topological polar surface area (TPSA) is 95.6 Å². The van der Waals surface area contributed by atoms with Crippen molar-refractivity contribution in [3.05, 3.63) is 34.4 Å².